The Hall–Kier alpha value is -0.830. The first-order valence-electron chi connectivity index (χ1n) is 5.28. The van der Waals surface area contributed by atoms with Gasteiger partial charge >= 0.3 is 5.97 Å². The smallest absolute Gasteiger partial charge is 0.349 e. The molecule has 1 fully saturated rings. The van der Waals surface area contributed by atoms with E-state index in [4.69, 9.17) is 4.84 Å². The van der Waals surface area contributed by atoms with Crippen molar-refractivity contribution in [1.29, 1.82) is 0 Å². The van der Waals surface area contributed by atoms with Gasteiger partial charge in [-0.3, -0.25) is 0 Å². The highest BCUT2D eigenvalue weighted by atomic mass is 16.7. The number of rotatable bonds is 2. The van der Waals surface area contributed by atoms with Gasteiger partial charge in [0.25, 0.3) is 0 Å². The second-order valence-corrected chi connectivity index (χ2v) is 3.90. The van der Waals surface area contributed by atoms with Gasteiger partial charge in [0.1, 0.15) is 0 Å². The van der Waals surface area contributed by atoms with Gasteiger partial charge in [-0.25, -0.2) is 4.79 Å². The molecule has 0 aromatic carbocycles. The van der Waals surface area contributed by atoms with E-state index in [2.05, 4.69) is 13.8 Å². The molecule has 3 nitrogen and oxygen atoms in total. The van der Waals surface area contributed by atoms with Gasteiger partial charge in [0, 0.05) is 18.2 Å². The van der Waals surface area contributed by atoms with Gasteiger partial charge in [0.15, 0.2) is 0 Å². The van der Waals surface area contributed by atoms with E-state index in [1.54, 1.807) is 6.08 Å². The number of piperidine rings is 1. The predicted octanol–water partition coefficient (Wildman–Crippen LogP) is 2.28. The fourth-order valence-electron chi connectivity index (χ4n) is 1.85. The van der Waals surface area contributed by atoms with Crippen LogP contribution in [-0.2, 0) is 9.63 Å². The molecule has 1 aliphatic heterocycles. The Balaban J connectivity index is 2.51. The predicted molar refractivity (Wildman–Crippen MR) is 55.5 cm³/mol. The molecular formula is C11H19NO2. The molecule has 0 N–H and O–H groups in total. The van der Waals surface area contributed by atoms with Crippen molar-refractivity contribution in [2.75, 3.05) is 0 Å². The topological polar surface area (TPSA) is 29.5 Å². The minimum Gasteiger partial charge on any atom is -0.364 e. The maximum absolute atomic E-state index is 11.3. The Bertz CT molecular complexity index is 215. The van der Waals surface area contributed by atoms with Crippen molar-refractivity contribution in [3.05, 3.63) is 12.2 Å². The lowest BCUT2D eigenvalue weighted by Crippen LogP contribution is -2.44. The molecule has 14 heavy (non-hydrogen) atoms. The summed E-state index contributed by atoms with van der Waals surface area (Å²) in [6, 6.07) is 0.681. The van der Waals surface area contributed by atoms with Crippen LogP contribution in [0, 0.1) is 0 Å². The summed E-state index contributed by atoms with van der Waals surface area (Å²) < 4.78 is 0. The highest BCUT2D eigenvalue weighted by Gasteiger charge is 2.27. The highest BCUT2D eigenvalue weighted by molar-refractivity contribution is 5.81. The lowest BCUT2D eigenvalue weighted by atomic mass is 10.0. The molecule has 0 spiro atoms. The summed E-state index contributed by atoms with van der Waals surface area (Å²) in [5.41, 5.74) is 0. The summed E-state index contributed by atoms with van der Waals surface area (Å²) >= 11 is 0. The van der Waals surface area contributed by atoms with Crippen LogP contribution in [0.2, 0.25) is 0 Å². The van der Waals surface area contributed by atoms with Gasteiger partial charge < -0.3 is 4.84 Å². The number of hydrogen-bond donors (Lipinski definition) is 0. The second-order valence-electron chi connectivity index (χ2n) is 3.90. The lowest BCUT2D eigenvalue weighted by Gasteiger charge is -2.36. The van der Waals surface area contributed by atoms with Crippen molar-refractivity contribution in [3.63, 3.8) is 0 Å². The largest absolute Gasteiger partial charge is 0.364 e. The lowest BCUT2D eigenvalue weighted by molar-refractivity contribution is -0.214. The van der Waals surface area contributed by atoms with Crippen molar-refractivity contribution in [2.24, 2.45) is 0 Å². The van der Waals surface area contributed by atoms with Crippen molar-refractivity contribution >= 4 is 5.97 Å². The highest BCUT2D eigenvalue weighted by Crippen LogP contribution is 2.22. The molecular weight excluding hydrogens is 178 g/mol. The summed E-state index contributed by atoms with van der Waals surface area (Å²) in [6.45, 7) is 6.00. The van der Waals surface area contributed by atoms with Crippen LogP contribution in [0.1, 0.15) is 40.0 Å². The number of carbonyl (C=O) groups is 1. The van der Waals surface area contributed by atoms with Gasteiger partial charge in [-0.15, -0.1) is 5.06 Å². The Morgan fingerprint density at radius 3 is 2.43 bits per heavy atom. The molecule has 80 valence electrons. The third-order valence-corrected chi connectivity index (χ3v) is 2.61. The maximum atomic E-state index is 11.3. The number of carbonyl (C=O) groups excluding carboxylic acids is 1. The average Bonchev–Trinajstić information content (AvgIpc) is 2.12. The SMILES string of the molecule is C/C=C/C(=O)ON1C(C)CCCC1C. The van der Waals surface area contributed by atoms with Crippen LogP contribution in [-0.4, -0.2) is 23.1 Å². The van der Waals surface area contributed by atoms with Crippen molar-refractivity contribution < 1.29 is 9.63 Å². The van der Waals surface area contributed by atoms with Gasteiger partial charge in [-0.05, 0) is 33.6 Å². The standard InChI is InChI=1S/C11H19NO2/c1-4-6-11(13)14-12-9(2)7-5-8-10(12)3/h4,6,9-10H,5,7-8H2,1-3H3/b6-4+. The molecule has 0 aliphatic carbocycles. The molecule has 1 aliphatic rings. The van der Waals surface area contributed by atoms with Gasteiger partial charge in [0.05, 0.1) is 0 Å². The zero-order valence-corrected chi connectivity index (χ0v) is 9.19. The first-order chi connectivity index (χ1) is 6.65. The monoisotopic (exact) mass is 197 g/mol. The molecule has 0 aromatic heterocycles. The number of allylic oxidation sites excluding steroid dienone is 1. The molecule has 1 heterocycles. The van der Waals surface area contributed by atoms with E-state index in [9.17, 15) is 4.79 Å². The summed E-state index contributed by atoms with van der Waals surface area (Å²) in [6.07, 6.45) is 6.58. The van der Waals surface area contributed by atoms with E-state index < -0.39 is 0 Å². The van der Waals surface area contributed by atoms with Crippen molar-refractivity contribution in [3.8, 4) is 0 Å². The fourth-order valence-corrected chi connectivity index (χ4v) is 1.85. The zero-order chi connectivity index (χ0) is 10.6. The van der Waals surface area contributed by atoms with Crippen LogP contribution in [0.4, 0.5) is 0 Å². The van der Waals surface area contributed by atoms with E-state index >= 15 is 0 Å². The first-order valence-corrected chi connectivity index (χ1v) is 5.28. The number of hydroxylamine groups is 2. The van der Waals surface area contributed by atoms with Crippen LogP contribution in [0.3, 0.4) is 0 Å². The van der Waals surface area contributed by atoms with Crippen molar-refractivity contribution in [2.45, 2.75) is 52.1 Å². The molecule has 2 unspecified atom stereocenters. The van der Waals surface area contributed by atoms with Gasteiger partial charge in [0.2, 0.25) is 0 Å². The zero-order valence-electron chi connectivity index (χ0n) is 9.19. The third kappa shape index (κ3) is 2.84. The molecule has 3 heteroatoms. The van der Waals surface area contributed by atoms with Crippen LogP contribution >= 0.6 is 0 Å². The second kappa shape index (κ2) is 5.15. The van der Waals surface area contributed by atoms with E-state index in [1.807, 2.05) is 12.0 Å². The van der Waals surface area contributed by atoms with Crippen LogP contribution in [0.15, 0.2) is 12.2 Å². The van der Waals surface area contributed by atoms with Crippen LogP contribution < -0.4 is 0 Å². The van der Waals surface area contributed by atoms with Crippen molar-refractivity contribution in [1.82, 2.24) is 5.06 Å². The third-order valence-electron chi connectivity index (χ3n) is 2.61. The van der Waals surface area contributed by atoms with Gasteiger partial charge in [-0.2, -0.15) is 0 Å². The Morgan fingerprint density at radius 1 is 1.36 bits per heavy atom. The minimum absolute atomic E-state index is 0.270. The minimum atomic E-state index is -0.270. The van der Waals surface area contributed by atoms with E-state index in [1.165, 1.54) is 12.5 Å². The average molecular weight is 197 g/mol. The fraction of sp³-hybridized carbons (Fsp3) is 0.727. The normalized spacial score (nSPS) is 29.4. The molecule has 1 rings (SSSR count). The summed E-state index contributed by atoms with van der Waals surface area (Å²) in [4.78, 5) is 16.5. The van der Waals surface area contributed by atoms with Crippen LogP contribution in [0.25, 0.3) is 0 Å². The summed E-state index contributed by atoms with van der Waals surface area (Å²) in [5.74, 6) is -0.270. The van der Waals surface area contributed by atoms with E-state index in [-0.39, 0.29) is 5.97 Å². The molecule has 0 radical (unpaired) electrons. The summed E-state index contributed by atoms with van der Waals surface area (Å²) in [5, 5.41) is 1.83. The molecule has 0 amide bonds. The van der Waals surface area contributed by atoms with Crippen LogP contribution in [0.5, 0.6) is 0 Å². The molecule has 1 saturated heterocycles. The Labute approximate surface area is 85.7 Å². The first kappa shape index (κ1) is 11.2. The molecule has 0 aromatic rings. The van der Waals surface area contributed by atoms with E-state index in [0.717, 1.165) is 12.8 Å². The molecule has 2 atom stereocenters. The van der Waals surface area contributed by atoms with Gasteiger partial charge in [-0.1, -0.05) is 12.5 Å². The Kier molecular flexibility index (Phi) is 4.14. The number of nitrogens with zero attached hydrogens (tertiary/aromatic N) is 1. The van der Waals surface area contributed by atoms with E-state index in [0.29, 0.717) is 12.1 Å². The quantitative estimate of drug-likeness (QED) is 0.636. The summed E-state index contributed by atoms with van der Waals surface area (Å²) in [7, 11) is 0. The Morgan fingerprint density at radius 2 is 1.93 bits per heavy atom. The molecule has 0 bridgehead atoms. The molecule has 0 saturated carbocycles. The maximum Gasteiger partial charge on any atom is 0.349 e. The number of hydrogen-bond acceptors (Lipinski definition) is 3.